The van der Waals surface area contributed by atoms with Crippen molar-refractivity contribution in [3.8, 4) is 16.9 Å². The van der Waals surface area contributed by atoms with Crippen molar-refractivity contribution in [2.75, 3.05) is 31.1 Å². The van der Waals surface area contributed by atoms with Crippen molar-refractivity contribution in [1.82, 2.24) is 15.3 Å². The Hall–Kier alpha value is -3.14. The van der Waals surface area contributed by atoms with Crippen molar-refractivity contribution in [3.63, 3.8) is 0 Å². The van der Waals surface area contributed by atoms with E-state index in [1.54, 1.807) is 17.7 Å². The third-order valence-corrected chi connectivity index (χ3v) is 7.08. The van der Waals surface area contributed by atoms with Crippen LogP contribution in [0.3, 0.4) is 0 Å². The van der Waals surface area contributed by atoms with Crippen molar-refractivity contribution >= 4 is 27.4 Å². The van der Waals surface area contributed by atoms with Crippen LogP contribution < -0.4 is 15.0 Å². The van der Waals surface area contributed by atoms with E-state index in [0.29, 0.717) is 6.54 Å². The molecule has 2 N–H and O–H groups in total. The molecule has 0 aliphatic carbocycles. The van der Waals surface area contributed by atoms with Crippen LogP contribution >= 0.6 is 11.3 Å². The Kier molecular flexibility index (Phi) is 7.17. The topological polar surface area (TPSA) is 70.5 Å². The van der Waals surface area contributed by atoms with Gasteiger partial charge in [-0.25, -0.2) is 18.7 Å². The molecule has 3 heterocycles. The molecule has 182 valence electrons. The van der Waals surface area contributed by atoms with Crippen LogP contribution in [0.2, 0.25) is 0 Å². The molecule has 4 aromatic rings. The highest BCUT2D eigenvalue weighted by Crippen LogP contribution is 2.38. The van der Waals surface area contributed by atoms with E-state index >= 15 is 0 Å². The summed E-state index contributed by atoms with van der Waals surface area (Å²) >= 11 is 1.63. The Labute approximate surface area is 206 Å². The Morgan fingerprint density at radius 1 is 1.11 bits per heavy atom. The molecular weight excluding hydrogens is 470 g/mol. The monoisotopic (exact) mass is 496 g/mol. The van der Waals surface area contributed by atoms with Gasteiger partial charge in [0.15, 0.2) is 11.6 Å². The minimum Gasteiger partial charge on any atom is -0.488 e. The minimum absolute atomic E-state index is 0.0711. The number of thiophene rings is 1. The molecule has 1 aliphatic heterocycles. The second-order valence-electron chi connectivity index (χ2n) is 8.60. The Balaban J connectivity index is 1.16. The Morgan fingerprint density at radius 3 is 2.69 bits per heavy atom. The second kappa shape index (κ2) is 10.6. The third kappa shape index (κ3) is 5.42. The van der Waals surface area contributed by atoms with Gasteiger partial charge in [-0.05, 0) is 30.5 Å². The third-order valence-electron chi connectivity index (χ3n) is 6.20. The molecule has 0 amide bonds. The lowest BCUT2D eigenvalue weighted by Gasteiger charge is -2.34. The Bertz CT molecular complexity index is 1280. The SMILES string of the molecule is OC(CNC1CCN(c2ncnc3scc(-c4ccccc4)c23)CC1)COc1ccc(F)cc1F. The average Bonchev–Trinajstić information content (AvgIpc) is 3.32. The van der Waals surface area contributed by atoms with E-state index in [1.165, 1.54) is 6.07 Å². The second-order valence-corrected chi connectivity index (χ2v) is 9.46. The van der Waals surface area contributed by atoms with Gasteiger partial charge >= 0.3 is 0 Å². The number of hydrogen-bond donors (Lipinski definition) is 2. The number of halogens is 2. The average molecular weight is 497 g/mol. The maximum Gasteiger partial charge on any atom is 0.167 e. The van der Waals surface area contributed by atoms with Crippen LogP contribution in [0.25, 0.3) is 21.3 Å². The van der Waals surface area contributed by atoms with E-state index in [1.807, 2.05) is 18.2 Å². The summed E-state index contributed by atoms with van der Waals surface area (Å²) in [6.07, 6.45) is 2.62. The summed E-state index contributed by atoms with van der Waals surface area (Å²) < 4.78 is 32.0. The predicted octanol–water partition coefficient (Wildman–Crippen LogP) is 4.63. The van der Waals surface area contributed by atoms with Gasteiger partial charge in [0, 0.05) is 42.7 Å². The maximum absolute atomic E-state index is 13.7. The number of aromatic nitrogens is 2. The normalized spacial score (nSPS) is 15.5. The number of nitrogens with zero attached hydrogens (tertiary/aromatic N) is 3. The highest BCUT2D eigenvalue weighted by Gasteiger charge is 2.24. The van der Waals surface area contributed by atoms with Gasteiger partial charge in [0.05, 0.1) is 5.39 Å². The number of anilines is 1. The fraction of sp³-hybridized carbons (Fsp3) is 0.308. The van der Waals surface area contributed by atoms with Gasteiger partial charge < -0.3 is 20.1 Å². The minimum atomic E-state index is -0.807. The van der Waals surface area contributed by atoms with Gasteiger partial charge in [-0.3, -0.25) is 0 Å². The summed E-state index contributed by atoms with van der Waals surface area (Å²) in [5.41, 5.74) is 2.31. The molecule has 5 rings (SSSR count). The van der Waals surface area contributed by atoms with Crippen molar-refractivity contribution in [1.29, 1.82) is 0 Å². The zero-order valence-electron chi connectivity index (χ0n) is 19.0. The first-order valence-corrected chi connectivity index (χ1v) is 12.5. The van der Waals surface area contributed by atoms with Gasteiger partial charge in [0.2, 0.25) is 0 Å². The van der Waals surface area contributed by atoms with Crippen LogP contribution in [-0.2, 0) is 0 Å². The summed E-state index contributed by atoms with van der Waals surface area (Å²) in [5, 5.41) is 16.9. The van der Waals surface area contributed by atoms with Crippen LogP contribution in [0.5, 0.6) is 5.75 Å². The van der Waals surface area contributed by atoms with Crippen molar-refractivity contribution in [3.05, 3.63) is 71.9 Å². The van der Waals surface area contributed by atoms with Crippen molar-refractivity contribution in [2.24, 2.45) is 0 Å². The van der Waals surface area contributed by atoms with E-state index < -0.39 is 17.7 Å². The number of fused-ring (bicyclic) bond motifs is 1. The summed E-state index contributed by atoms with van der Waals surface area (Å²) in [4.78, 5) is 12.4. The number of hydrogen-bond acceptors (Lipinski definition) is 7. The quantitative estimate of drug-likeness (QED) is 0.371. The molecule has 0 saturated carbocycles. The maximum atomic E-state index is 13.7. The fourth-order valence-corrected chi connectivity index (χ4v) is 5.28. The molecule has 9 heteroatoms. The summed E-state index contributed by atoms with van der Waals surface area (Å²) in [7, 11) is 0. The highest BCUT2D eigenvalue weighted by atomic mass is 32.1. The molecule has 1 unspecified atom stereocenters. The van der Waals surface area contributed by atoms with Crippen molar-refractivity contribution < 1.29 is 18.6 Å². The first-order chi connectivity index (χ1) is 17.1. The number of rotatable bonds is 8. The molecule has 0 spiro atoms. The van der Waals surface area contributed by atoms with Crippen LogP contribution in [0.4, 0.5) is 14.6 Å². The van der Waals surface area contributed by atoms with E-state index in [9.17, 15) is 13.9 Å². The Morgan fingerprint density at radius 2 is 1.91 bits per heavy atom. The molecule has 2 aromatic heterocycles. The zero-order chi connectivity index (χ0) is 24.2. The van der Waals surface area contributed by atoms with Crippen LogP contribution in [-0.4, -0.2) is 53.5 Å². The predicted molar refractivity (Wildman–Crippen MR) is 134 cm³/mol. The number of aliphatic hydroxyl groups excluding tert-OH is 1. The fourth-order valence-electron chi connectivity index (χ4n) is 4.36. The lowest BCUT2D eigenvalue weighted by atomic mass is 10.0. The molecule has 0 bridgehead atoms. The number of nitrogens with one attached hydrogen (secondary N) is 1. The number of benzene rings is 2. The summed E-state index contributed by atoms with van der Waals surface area (Å²) in [6, 6.07) is 13.7. The van der Waals surface area contributed by atoms with Gasteiger partial charge in [0.25, 0.3) is 0 Å². The molecular formula is C26H26F2N4O2S. The number of piperidine rings is 1. The largest absolute Gasteiger partial charge is 0.488 e. The lowest BCUT2D eigenvalue weighted by Crippen LogP contribution is -2.45. The molecule has 1 aliphatic rings. The van der Waals surface area contributed by atoms with Crippen LogP contribution in [0.1, 0.15) is 12.8 Å². The lowest BCUT2D eigenvalue weighted by molar-refractivity contribution is 0.100. The van der Waals surface area contributed by atoms with E-state index in [2.05, 4.69) is 37.7 Å². The van der Waals surface area contributed by atoms with E-state index in [4.69, 9.17) is 4.74 Å². The molecule has 1 fully saturated rings. The van der Waals surface area contributed by atoms with Gasteiger partial charge in [-0.1, -0.05) is 30.3 Å². The molecule has 1 saturated heterocycles. The van der Waals surface area contributed by atoms with Crippen LogP contribution in [0, 0.1) is 11.6 Å². The number of ether oxygens (including phenoxy) is 1. The molecule has 2 aromatic carbocycles. The summed E-state index contributed by atoms with van der Waals surface area (Å²) in [6.45, 7) is 1.92. The van der Waals surface area contributed by atoms with Crippen LogP contribution in [0.15, 0.2) is 60.2 Å². The molecule has 6 nitrogen and oxygen atoms in total. The first kappa shape index (κ1) is 23.6. The summed E-state index contributed by atoms with van der Waals surface area (Å²) in [5.74, 6) is -0.555. The number of aliphatic hydroxyl groups is 1. The molecule has 0 radical (unpaired) electrons. The van der Waals surface area contributed by atoms with E-state index in [-0.39, 0.29) is 18.4 Å². The standard InChI is InChI=1S/C26H26F2N4O2S/c27-18-6-7-23(22(28)12-18)34-14-20(33)13-29-19-8-10-32(11-9-19)25-24-21(17-4-2-1-3-5-17)15-35-26(24)31-16-30-25/h1-7,12,15-16,19-20,29,33H,8-11,13-14H2. The van der Waals surface area contributed by atoms with Gasteiger partial charge in [0.1, 0.15) is 35.5 Å². The van der Waals surface area contributed by atoms with Gasteiger partial charge in [-0.2, -0.15) is 0 Å². The molecule has 35 heavy (non-hydrogen) atoms. The zero-order valence-corrected chi connectivity index (χ0v) is 19.8. The first-order valence-electron chi connectivity index (χ1n) is 11.6. The highest BCUT2D eigenvalue weighted by molar-refractivity contribution is 7.17. The van der Waals surface area contributed by atoms with E-state index in [0.717, 1.165) is 65.2 Å². The van der Waals surface area contributed by atoms with Gasteiger partial charge in [-0.15, -0.1) is 11.3 Å². The smallest absolute Gasteiger partial charge is 0.167 e. The van der Waals surface area contributed by atoms with Crippen molar-refractivity contribution in [2.45, 2.75) is 25.0 Å². The molecule has 1 atom stereocenters.